The summed E-state index contributed by atoms with van der Waals surface area (Å²) in [5.41, 5.74) is 3.19. The fraction of sp³-hybridized carbons (Fsp3) is 0.355. The number of nitrogens with zero attached hydrogens (tertiary/aromatic N) is 1. The predicted octanol–water partition coefficient (Wildman–Crippen LogP) is 5.67. The van der Waals surface area contributed by atoms with Gasteiger partial charge in [-0.1, -0.05) is 31.2 Å². The fourth-order valence-electron chi connectivity index (χ4n) is 5.58. The van der Waals surface area contributed by atoms with E-state index in [0.717, 1.165) is 42.1 Å². The number of aromatic hydroxyl groups is 2. The van der Waals surface area contributed by atoms with Crippen molar-refractivity contribution < 1.29 is 28.1 Å². The molecule has 0 saturated carbocycles. The second-order valence-corrected chi connectivity index (χ2v) is 12.7. The summed E-state index contributed by atoms with van der Waals surface area (Å²) < 4.78 is 38.1. The summed E-state index contributed by atoms with van der Waals surface area (Å²) in [6, 6.07) is 17.5. The molecule has 0 spiro atoms. The molecule has 2 heterocycles. The molecule has 8 heteroatoms. The molecule has 7 nitrogen and oxygen atoms in total. The Kier molecular flexibility index (Phi) is 7.35. The van der Waals surface area contributed by atoms with Crippen LogP contribution in [-0.4, -0.2) is 55.5 Å². The lowest BCUT2D eigenvalue weighted by Crippen LogP contribution is -2.35. The summed E-state index contributed by atoms with van der Waals surface area (Å²) in [6.07, 6.45) is 1.65. The number of hydrogen-bond donors (Lipinski definition) is 2. The second kappa shape index (κ2) is 10.6. The van der Waals surface area contributed by atoms with Crippen LogP contribution in [0.25, 0.3) is 11.1 Å². The Morgan fingerprint density at radius 3 is 2.49 bits per heavy atom. The Hall–Kier alpha value is -3.49. The van der Waals surface area contributed by atoms with Gasteiger partial charge < -0.3 is 19.7 Å². The van der Waals surface area contributed by atoms with Gasteiger partial charge in [0.1, 0.15) is 40.6 Å². The molecule has 0 amide bonds. The minimum Gasteiger partial charge on any atom is -0.508 e. The Bertz CT molecular complexity index is 1510. The number of benzene rings is 3. The molecule has 0 bridgehead atoms. The number of hydrogen-bond acceptors (Lipinski definition) is 7. The number of phenolic OH excluding ortho intramolecular Hbond substituents is 2. The van der Waals surface area contributed by atoms with Crippen LogP contribution >= 0.6 is 0 Å². The zero-order valence-corrected chi connectivity index (χ0v) is 23.5. The molecule has 0 aliphatic carbocycles. The van der Waals surface area contributed by atoms with E-state index in [0.29, 0.717) is 35.1 Å². The fourth-order valence-corrected chi connectivity index (χ4v) is 6.60. The van der Waals surface area contributed by atoms with E-state index >= 15 is 0 Å². The van der Waals surface area contributed by atoms with Gasteiger partial charge >= 0.3 is 0 Å². The van der Waals surface area contributed by atoms with Crippen LogP contribution in [0.15, 0.2) is 65.6 Å². The maximum Gasteiger partial charge on any atom is 0.179 e. The second-order valence-electron chi connectivity index (χ2n) is 10.8. The highest BCUT2D eigenvalue weighted by Gasteiger charge is 2.33. The maximum atomic E-state index is 12.8. The predicted molar refractivity (Wildman–Crippen MR) is 152 cm³/mol. The molecule has 0 aromatic heterocycles. The van der Waals surface area contributed by atoms with Crippen molar-refractivity contribution in [3.63, 3.8) is 0 Å². The molecule has 39 heavy (non-hydrogen) atoms. The topological polar surface area (TPSA) is 96.3 Å². The van der Waals surface area contributed by atoms with Crippen LogP contribution in [0.3, 0.4) is 0 Å². The quantitative estimate of drug-likeness (QED) is 0.392. The zero-order chi connectivity index (χ0) is 27.9. The monoisotopic (exact) mass is 549 g/mol. The van der Waals surface area contributed by atoms with Gasteiger partial charge in [0, 0.05) is 35.5 Å². The third kappa shape index (κ3) is 5.49. The van der Waals surface area contributed by atoms with Crippen molar-refractivity contribution in [2.24, 2.45) is 5.92 Å². The molecular formula is C31H35NO6S. The van der Waals surface area contributed by atoms with E-state index < -0.39 is 15.9 Å². The summed E-state index contributed by atoms with van der Waals surface area (Å²) >= 11 is 0. The molecule has 1 unspecified atom stereocenters. The Balaban J connectivity index is 1.50. The van der Waals surface area contributed by atoms with Crippen molar-refractivity contribution in [3.8, 4) is 23.0 Å². The lowest BCUT2D eigenvalue weighted by molar-refractivity contribution is 0.169. The lowest BCUT2D eigenvalue weighted by atomic mass is 9.86. The van der Waals surface area contributed by atoms with E-state index in [2.05, 4.69) is 18.7 Å². The number of sulfone groups is 1. The van der Waals surface area contributed by atoms with Gasteiger partial charge in [-0.15, -0.1) is 0 Å². The molecule has 0 radical (unpaired) electrons. The number of phenols is 2. The highest BCUT2D eigenvalue weighted by molar-refractivity contribution is 7.90. The van der Waals surface area contributed by atoms with E-state index in [1.807, 2.05) is 31.2 Å². The molecule has 1 fully saturated rings. The first-order chi connectivity index (χ1) is 18.5. The standard InChI is InChI=1S/C31H35NO6S/c1-19-14-15-32(17-19)20(2)18-37-24-11-8-22(9-12-24)30-29(21(3)26-16-23(33)10-13-28(26)38-30)25-6-5-7-27(34)31(25)39(4,35)36/h5-13,16,19-20,30,33-34H,14-15,17-18H2,1-4H3/t19-,20+,30?/m1/s1. The first-order valence-electron chi connectivity index (χ1n) is 13.2. The number of ether oxygens (including phenoxy) is 2. The molecule has 1 saturated heterocycles. The SMILES string of the molecule is CC1=C(c2cccc(O)c2S(C)(=O)=O)C(c2ccc(OC[C@H](C)N3CC[C@@H](C)C3)cc2)Oc2ccc(O)cc21. The molecule has 2 aliphatic rings. The van der Waals surface area contributed by atoms with Gasteiger partial charge in [0.2, 0.25) is 0 Å². The molecule has 5 rings (SSSR count). The molecule has 2 N–H and O–H groups in total. The van der Waals surface area contributed by atoms with E-state index in [-0.39, 0.29) is 16.4 Å². The average molecular weight is 550 g/mol. The Labute approximate surface area is 230 Å². The molecule has 3 atom stereocenters. The largest absolute Gasteiger partial charge is 0.508 e. The van der Waals surface area contributed by atoms with Gasteiger partial charge in [-0.05, 0) is 80.3 Å². The normalized spacial score (nSPS) is 20.4. The minimum atomic E-state index is -3.77. The summed E-state index contributed by atoms with van der Waals surface area (Å²) in [5, 5.41) is 20.7. The summed E-state index contributed by atoms with van der Waals surface area (Å²) in [6.45, 7) is 9.13. The molecule has 3 aromatic rings. The molecule has 3 aromatic carbocycles. The van der Waals surface area contributed by atoms with Gasteiger partial charge in [0.05, 0.1) is 0 Å². The highest BCUT2D eigenvalue weighted by atomic mass is 32.2. The van der Waals surface area contributed by atoms with Gasteiger partial charge in [0.25, 0.3) is 0 Å². The zero-order valence-electron chi connectivity index (χ0n) is 22.7. The smallest absolute Gasteiger partial charge is 0.179 e. The van der Waals surface area contributed by atoms with Gasteiger partial charge in [0.15, 0.2) is 9.84 Å². The highest BCUT2D eigenvalue weighted by Crippen LogP contribution is 2.49. The van der Waals surface area contributed by atoms with Crippen LogP contribution in [0.4, 0.5) is 0 Å². The summed E-state index contributed by atoms with van der Waals surface area (Å²) in [4.78, 5) is 2.31. The summed E-state index contributed by atoms with van der Waals surface area (Å²) in [7, 11) is -3.77. The van der Waals surface area contributed by atoms with Crippen molar-refractivity contribution in [2.75, 3.05) is 26.0 Å². The van der Waals surface area contributed by atoms with Crippen LogP contribution in [0.5, 0.6) is 23.0 Å². The van der Waals surface area contributed by atoms with Crippen LogP contribution in [0, 0.1) is 5.92 Å². The Morgan fingerprint density at radius 1 is 1.08 bits per heavy atom. The first-order valence-corrected chi connectivity index (χ1v) is 15.1. The van der Waals surface area contributed by atoms with E-state index in [4.69, 9.17) is 9.47 Å². The van der Waals surface area contributed by atoms with Crippen LogP contribution in [0.2, 0.25) is 0 Å². The van der Waals surface area contributed by atoms with E-state index in [1.54, 1.807) is 30.3 Å². The van der Waals surface area contributed by atoms with Crippen molar-refractivity contribution in [1.82, 2.24) is 4.90 Å². The van der Waals surface area contributed by atoms with Crippen LogP contribution in [-0.2, 0) is 9.84 Å². The lowest BCUT2D eigenvalue weighted by Gasteiger charge is -2.32. The number of allylic oxidation sites excluding steroid dienone is 1. The van der Waals surface area contributed by atoms with Gasteiger partial charge in [-0.3, -0.25) is 4.90 Å². The number of rotatable bonds is 7. The maximum absolute atomic E-state index is 12.8. The number of fused-ring (bicyclic) bond motifs is 1. The van der Waals surface area contributed by atoms with Crippen LogP contribution in [0.1, 0.15) is 50.0 Å². The van der Waals surface area contributed by atoms with Gasteiger partial charge in [-0.2, -0.15) is 0 Å². The van der Waals surface area contributed by atoms with Crippen molar-refractivity contribution in [3.05, 3.63) is 77.4 Å². The van der Waals surface area contributed by atoms with Crippen molar-refractivity contribution >= 4 is 21.0 Å². The number of likely N-dealkylation sites (tertiary alicyclic amines) is 1. The van der Waals surface area contributed by atoms with Crippen molar-refractivity contribution in [2.45, 2.75) is 44.2 Å². The third-order valence-electron chi connectivity index (χ3n) is 7.69. The van der Waals surface area contributed by atoms with Crippen molar-refractivity contribution in [1.29, 1.82) is 0 Å². The third-order valence-corrected chi connectivity index (χ3v) is 8.86. The summed E-state index contributed by atoms with van der Waals surface area (Å²) in [5.74, 6) is 1.80. The Morgan fingerprint density at radius 2 is 1.82 bits per heavy atom. The van der Waals surface area contributed by atoms with E-state index in [1.165, 1.54) is 12.5 Å². The van der Waals surface area contributed by atoms with Gasteiger partial charge in [-0.25, -0.2) is 8.42 Å². The molecule has 206 valence electrons. The molecular weight excluding hydrogens is 514 g/mol. The van der Waals surface area contributed by atoms with E-state index in [9.17, 15) is 18.6 Å². The van der Waals surface area contributed by atoms with Crippen LogP contribution < -0.4 is 9.47 Å². The minimum absolute atomic E-state index is 0.0767. The average Bonchev–Trinajstić information content (AvgIpc) is 3.33. The first kappa shape index (κ1) is 27.1. The molecule has 2 aliphatic heterocycles.